The number of carbonyl (C=O) groups is 3. The number of ether oxygens (including phenoxy) is 1. The highest BCUT2D eigenvalue weighted by atomic mass is 16.6. The number of hydrogen-bond acceptors (Lipinski definition) is 4. The lowest BCUT2D eigenvalue weighted by molar-refractivity contribution is -0.143. The molecule has 0 radical (unpaired) electrons. The zero-order chi connectivity index (χ0) is 28.2. The second kappa shape index (κ2) is 15.6. The van der Waals surface area contributed by atoms with E-state index in [0.717, 1.165) is 49.7 Å². The van der Waals surface area contributed by atoms with Crippen molar-refractivity contribution >= 4 is 17.9 Å². The second-order valence-electron chi connectivity index (χ2n) is 11.5. The van der Waals surface area contributed by atoms with E-state index < -0.39 is 23.8 Å². The number of alkyl carbamates (subject to hydrolysis) is 1. The first-order valence-corrected chi connectivity index (χ1v) is 14.0. The minimum atomic E-state index is -0.825. The fraction of sp³-hybridized carbons (Fsp3) is 0.700. The van der Waals surface area contributed by atoms with E-state index in [4.69, 9.17) is 4.74 Å². The van der Waals surface area contributed by atoms with Crippen molar-refractivity contribution in [2.75, 3.05) is 6.54 Å². The van der Waals surface area contributed by atoms with E-state index in [2.05, 4.69) is 24.5 Å². The predicted molar refractivity (Wildman–Crippen MR) is 150 cm³/mol. The maximum Gasteiger partial charge on any atom is 0.408 e. The third-order valence-electron chi connectivity index (χ3n) is 6.17. The first-order chi connectivity index (χ1) is 17.3. The minimum Gasteiger partial charge on any atom is -0.444 e. The largest absolute Gasteiger partial charge is 0.444 e. The molecule has 3 atom stereocenters. The summed E-state index contributed by atoms with van der Waals surface area (Å²) in [4.78, 5) is 42.2. The number of benzene rings is 1. The Morgan fingerprint density at radius 1 is 0.973 bits per heavy atom. The van der Waals surface area contributed by atoms with Gasteiger partial charge in [-0.1, -0.05) is 83.2 Å². The summed E-state index contributed by atoms with van der Waals surface area (Å²) in [7, 11) is 0. The van der Waals surface area contributed by atoms with Crippen LogP contribution in [-0.2, 0) is 14.3 Å². The van der Waals surface area contributed by atoms with E-state index in [0.29, 0.717) is 6.54 Å². The average Bonchev–Trinajstić information content (AvgIpc) is 2.77. The summed E-state index contributed by atoms with van der Waals surface area (Å²) in [5.74, 6) is -0.671. The molecule has 7 nitrogen and oxygen atoms in total. The van der Waals surface area contributed by atoms with Gasteiger partial charge in [-0.25, -0.2) is 4.79 Å². The van der Waals surface area contributed by atoms with E-state index >= 15 is 0 Å². The van der Waals surface area contributed by atoms with Crippen molar-refractivity contribution < 1.29 is 19.1 Å². The Kier molecular flexibility index (Phi) is 13.7. The van der Waals surface area contributed by atoms with Crippen molar-refractivity contribution in [2.24, 2.45) is 5.92 Å². The zero-order valence-electron chi connectivity index (χ0n) is 24.6. The molecule has 0 aliphatic heterocycles. The van der Waals surface area contributed by atoms with Crippen LogP contribution < -0.4 is 10.6 Å². The standard InChI is InChI=1S/C30H51N3O4/c1-10-12-13-14-19-33(28(35)25(21(3)4)32-29(36)37-30(7,8)9)26(24-18-15-17-22(5)20-24)27(34)31-23(6)16-11-2/h15,17-18,20-21,23,25-26H,10-14,16,19H2,1-9H3,(H,31,34)(H,32,36). The summed E-state index contributed by atoms with van der Waals surface area (Å²) >= 11 is 0. The van der Waals surface area contributed by atoms with Crippen LogP contribution in [-0.4, -0.2) is 47.0 Å². The van der Waals surface area contributed by atoms with Crippen molar-refractivity contribution in [1.29, 1.82) is 0 Å². The van der Waals surface area contributed by atoms with Gasteiger partial charge in [-0.3, -0.25) is 9.59 Å². The van der Waals surface area contributed by atoms with Crippen LogP contribution >= 0.6 is 0 Å². The lowest BCUT2D eigenvalue weighted by Crippen LogP contribution is -2.55. The summed E-state index contributed by atoms with van der Waals surface area (Å²) in [6.07, 6.45) is 5.02. The molecule has 210 valence electrons. The summed E-state index contributed by atoms with van der Waals surface area (Å²) in [5.41, 5.74) is 1.10. The highest BCUT2D eigenvalue weighted by molar-refractivity contribution is 5.92. The molecular formula is C30H51N3O4. The van der Waals surface area contributed by atoms with Gasteiger partial charge in [0.05, 0.1) is 0 Å². The van der Waals surface area contributed by atoms with Crippen LogP contribution in [0.1, 0.15) is 111 Å². The Hall–Kier alpha value is -2.57. The van der Waals surface area contributed by atoms with Crippen molar-refractivity contribution in [1.82, 2.24) is 15.5 Å². The van der Waals surface area contributed by atoms with Crippen LogP contribution in [0.25, 0.3) is 0 Å². The number of nitrogens with one attached hydrogen (secondary N) is 2. The van der Waals surface area contributed by atoms with Gasteiger partial charge in [0.1, 0.15) is 17.7 Å². The van der Waals surface area contributed by atoms with Gasteiger partial charge in [0.25, 0.3) is 0 Å². The fourth-order valence-corrected chi connectivity index (χ4v) is 4.34. The van der Waals surface area contributed by atoms with E-state index in [9.17, 15) is 14.4 Å². The quantitative estimate of drug-likeness (QED) is 0.284. The molecule has 1 aromatic rings. The molecule has 3 unspecified atom stereocenters. The molecule has 37 heavy (non-hydrogen) atoms. The van der Waals surface area contributed by atoms with Crippen LogP contribution in [0.3, 0.4) is 0 Å². The molecule has 0 bridgehead atoms. The summed E-state index contributed by atoms with van der Waals surface area (Å²) < 4.78 is 5.45. The van der Waals surface area contributed by atoms with Gasteiger partial charge in [-0.05, 0) is 58.9 Å². The number of hydrogen-bond donors (Lipinski definition) is 2. The van der Waals surface area contributed by atoms with Crippen molar-refractivity contribution in [3.8, 4) is 0 Å². The van der Waals surface area contributed by atoms with Crippen molar-refractivity contribution in [3.63, 3.8) is 0 Å². The lowest BCUT2D eigenvalue weighted by atomic mass is 9.97. The third-order valence-corrected chi connectivity index (χ3v) is 6.17. The molecule has 3 amide bonds. The summed E-state index contributed by atoms with van der Waals surface area (Å²) in [6, 6.07) is 6.13. The van der Waals surface area contributed by atoms with Crippen LogP contribution in [0.2, 0.25) is 0 Å². The van der Waals surface area contributed by atoms with Gasteiger partial charge >= 0.3 is 6.09 Å². The Bertz CT molecular complexity index is 863. The first-order valence-electron chi connectivity index (χ1n) is 14.0. The smallest absolute Gasteiger partial charge is 0.408 e. The van der Waals surface area contributed by atoms with Gasteiger partial charge < -0.3 is 20.3 Å². The number of rotatable bonds is 14. The van der Waals surface area contributed by atoms with Crippen LogP contribution in [0.15, 0.2) is 24.3 Å². The summed E-state index contributed by atoms with van der Waals surface area (Å²) in [5, 5.41) is 5.92. The van der Waals surface area contributed by atoms with Gasteiger partial charge in [-0.2, -0.15) is 0 Å². The number of aryl methyl sites for hydroxylation is 1. The molecule has 0 aliphatic carbocycles. The monoisotopic (exact) mass is 517 g/mol. The molecule has 0 spiro atoms. The molecule has 0 aliphatic rings. The molecular weight excluding hydrogens is 466 g/mol. The second-order valence-corrected chi connectivity index (χ2v) is 11.5. The molecule has 0 fully saturated rings. The van der Waals surface area contributed by atoms with Gasteiger partial charge in [0.15, 0.2) is 0 Å². The molecule has 0 aromatic heterocycles. The molecule has 7 heteroatoms. The highest BCUT2D eigenvalue weighted by Crippen LogP contribution is 2.26. The van der Waals surface area contributed by atoms with Crippen molar-refractivity contribution in [3.05, 3.63) is 35.4 Å². The number of carbonyl (C=O) groups excluding carboxylic acids is 3. The van der Waals surface area contributed by atoms with Gasteiger partial charge in [-0.15, -0.1) is 0 Å². The molecule has 2 N–H and O–H groups in total. The van der Waals surface area contributed by atoms with Crippen LogP contribution in [0, 0.1) is 12.8 Å². The van der Waals surface area contributed by atoms with E-state index in [1.165, 1.54) is 0 Å². The summed E-state index contributed by atoms with van der Waals surface area (Å²) in [6.45, 7) is 17.8. The lowest BCUT2D eigenvalue weighted by Gasteiger charge is -2.36. The Morgan fingerprint density at radius 3 is 2.19 bits per heavy atom. The highest BCUT2D eigenvalue weighted by Gasteiger charge is 2.37. The molecule has 0 saturated heterocycles. The topological polar surface area (TPSA) is 87.7 Å². The number of amides is 3. The van der Waals surface area contributed by atoms with E-state index in [-0.39, 0.29) is 23.8 Å². The predicted octanol–water partition coefficient (Wildman–Crippen LogP) is 6.30. The average molecular weight is 518 g/mol. The van der Waals surface area contributed by atoms with E-state index in [1.807, 2.05) is 52.0 Å². The maximum atomic E-state index is 14.1. The normalized spacial score (nSPS) is 14.0. The van der Waals surface area contributed by atoms with Gasteiger partial charge in [0, 0.05) is 12.6 Å². The molecule has 1 rings (SSSR count). The van der Waals surface area contributed by atoms with E-state index in [1.54, 1.807) is 25.7 Å². The first kappa shape index (κ1) is 32.5. The number of unbranched alkanes of at least 4 members (excludes halogenated alkanes) is 3. The van der Waals surface area contributed by atoms with Crippen LogP contribution in [0.4, 0.5) is 4.79 Å². The maximum absolute atomic E-state index is 14.1. The van der Waals surface area contributed by atoms with Crippen LogP contribution in [0.5, 0.6) is 0 Å². The molecule has 0 heterocycles. The third kappa shape index (κ3) is 11.6. The Labute approximate surface area is 225 Å². The zero-order valence-corrected chi connectivity index (χ0v) is 24.6. The van der Waals surface area contributed by atoms with Crippen molar-refractivity contribution in [2.45, 2.75) is 125 Å². The number of nitrogens with zero attached hydrogens (tertiary/aromatic N) is 1. The Morgan fingerprint density at radius 2 is 1.65 bits per heavy atom. The molecule has 1 aromatic carbocycles. The molecule has 0 saturated carbocycles. The fourth-order valence-electron chi connectivity index (χ4n) is 4.34. The Balaban J connectivity index is 3.46. The SMILES string of the molecule is CCCCCCN(C(=O)C(NC(=O)OC(C)(C)C)C(C)C)C(C(=O)NC(C)CCC)c1cccc(C)c1. The minimum absolute atomic E-state index is 0.0114. The van der Waals surface area contributed by atoms with Gasteiger partial charge in [0.2, 0.25) is 11.8 Å².